The van der Waals surface area contributed by atoms with Gasteiger partial charge in [0.1, 0.15) is 0 Å². The molecular weight excluding hydrogens is 368 g/mol. The summed E-state index contributed by atoms with van der Waals surface area (Å²) in [5.41, 5.74) is 0. The molecule has 0 amide bonds. The van der Waals surface area contributed by atoms with Crippen LogP contribution in [0.3, 0.4) is 0 Å². The maximum Gasteiger partial charge on any atom is 0.303 e. The van der Waals surface area contributed by atoms with Crippen molar-refractivity contribution in [3.05, 3.63) is 0 Å². The fraction of sp³-hybridized carbons (Fsp3) is 0.964. The molecule has 2 nitrogen and oxygen atoms in total. The van der Waals surface area contributed by atoms with E-state index >= 15 is 0 Å². The summed E-state index contributed by atoms with van der Waals surface area (Å²) < 4.78 is 0. The second-order valence-electron chi connectivity index (χ2n) is 9.87. The summed E-state index contributed by atoms with van der Waals surface area (Å²) in [6.07, 6.45) is 32.0. The first-order chi connectivity index (χ1) is 14.7. The van der Waals surface area contributed by atoms with E-state index in [4.69, 9.17) is 5.11 Å². The van der Waals surface area contributed by atoms with Gasteiger partial charge in [-0.3, -0.25) is 4.79 Å². The predicted molar refractivity (Wildman–Crippen MR) is 133 cm³/mol. The second kappa shape index (κ2) is 24.7. The number of hydrogen-bond acceptors (Lipinski definition) is 1. The highest BCUT2D eigenvalue weighted by Crippen LogP contribution is 2.16. The smallest absolute Gasteiger partial charge is 0.303 e. The normalized spacial score (nSPS) is 12.3. The molecule has 30 heavy (non-hydrogen) atoms. The Kier molecular flexibility index (Phi) is 24.3. The van der Waals surface area contributed by atoms with Crippen molar-refractivity contribution in [2.45, 2.75) is 168 Å². The monoisotopic (exact) mass is 424 g/mol. The van der Waals surface area contributed by atoms with E-state index in [1.54, 1.807) is 0 Å². The highest BCUT2D eigenvalue weighted by Gasteiger charge is 1.99. The zero-order valence-corrected chi connectivity index (χ0v) is 20.9. The van der Waals surface area contributed by atoms with Gasteiger partial charge in [0.15, 0.2) is 0 Å². The number of carboxylic acid groups (broad SMARTS) is 1. The van der Waals surface area contributed by atoms with Gasteiger partial charge in [-0.25, -0.2) is 0 Å². The fourth-order valence-corrected chi connectivity index (χ4v) is 4.33. The van der Waals surface area contributed by atoms with Crippen LogP contribution < -0.4 is 0 Å². The first-order valence-corrected chi connectivity index (χ1v) is 13.9. The van der Waals surface area contributed by atoms with Crippen LogP contribution in [0.1, 0.15) is 168 Å². The van der Waals surface area contributed by atoms with Crippen molar-refractivity contribution < 1.29 is 9.90 Å². The van der Waals surface area contributed by atoms with Crippen molar-refractivity contribution >= 4 is 5.97 Å². The summed E-state index contributed by atoms with van der Waals surface area (Å²) in [6.45, 7) is 4.70. The maximum atomic E-state index is 10.4. The third-order valence-electron chi connectivity index (χ3n) is 6.78. The number of carboxylic acids is 1. The molecule has 0 aromatic rings. The van der Waals surface area contributed by atoms with Crippen LogP contribution in [0.4, 0.5) is 0 Å². The second-order valence-corrected chi connectivity index (χ2v) is 9.87. The first-order valence-electron chi connectivity index (χ1n) is 13.9. The van der Waals surface area contributed by atoms with Crippen molar-refractivity contribution in [1.29, 1.82) is 0 Å². The summed E-state index contributed by atoms with van der Waals surface area (Å²) in [5.74, 6) is 0.285. The van der Waals surface area contributed by atoms with Gasteiger partial charge in [-0.1, -0.05) is 155 Å². The van der Waals surface area contributed by atoms with Gasteiger partial charge in [-0.05, 0) is 12.3 Å². The fourth-order valence-electron chi connectivity index (χ4n) is 4.33. The molecule has 0 aromatic carbocycles. The minimum Gasteiger partial charge on any atom is -0.481 e. The van der Waals surface area contributed by atoms with Crippen LogP contribution >= 0.6 is 0 Å². The molecule has 0 aromatic heterocycles. The number of unbranched alkanes of at least 4 members (excludes halogenated alkanes) is 20. The molecule has 1 atom stereocenters. The Hall–Kier alpha value is -0.530. The van der Waals surface area contributed by atoms with E-state index in [0.717, 1.165) is 18.8 Å². The number of aliphatic carboxylic acids is 1. The molecule has 1 N–H and O–H groups in total. The van der Waals surface area contributed by atoms with Crippen molar-refractivity contribution in [1.82, 2.24) is 0 Å². The van der Waals surface area contributed by atoms with Crippen LogP contribution in [-0.2, 0) is 4.79 Å². The average molecular weight is 425 g/mol. The van der Waals surface area contributed by atoms with Gasteiger partial charge in [-0.2, -0.15) is 0 Å². The van der Waals surface area contributed by atoms with E-state index in [0.29, 0.717) is 6.42 Å². The third-order valence-corrected chi connectivity index (χ3v) is 6.78. The van der Waals surface area contributed by atoms with Gasteiger partial charge in [0.05, 0.1) is 0 Å². The van der Waals surface area contributed by atoms with E-state index in [1.165, 1.54) is 135 Å². The molecule has 0 aliphatic heterocycles. The van der Waals surface area contributed by atoms with Gasteiger partial charge in [0.2, 0.25) is 0 Å². The Morgan fingerprint density at radius 2 is 0.800 bits per heavy atom. The molecule has 2 heteroatoms. The number of carbonyl (C=O) groups is 1. The Bertz CT molecular complexity index is 340. The highest BCUT2D eigenvalue weighted by atomic mass is 16.4. The molecule has 0 spiro atoms. The van der Waals surface area contributed by atoms with E-state index in [-0.39, 0.29) is 0 Å². The van der Waals surface area contributed by atoms with Crippen molar-refractivity contribution in [2.75, 3.05) is 0 Å². The van der Waals surface area contributed by atoms with Crippen LogP contribution in [-0.4, -0.2) is 11.1 Å². The quantitative estimate of drug-likeness (QED) is 0.148. The summed E-state index contributed by atoms with van der Waals surface area (Å²) >= 11 is 0. The topological polar surface area (TPSA) is 37.3 Å². The van der Waals surface area contributed by atoms with E-state index in [2.05, 4.69) is 13.8 Å². The van der Waals surface area contributed by atoms with Gasteiger partial charge in [0, 0.05) is 6.42 Å². The lowest BCUT2D eigenvalue weighted by Crippen LogP contribution is -1.93. The molecule has 0 aliphatic carbocycles. The Morgan fingerprint density at radius 1 is 0.533 bits per heavy atom. The molecule has 0 saturated carbocycles. The standard InChI is InChI=1S/C28H56O2/c1-3-27(2)25-23-21-19-17-15-13-11-9-7-5-4-6-8-10-12-14-16-18-20-22-24-26-28(29)30/h27H,3-26H2,1-2H3,(H,29,30). The van der Waals surface area contributed by atoms with Crippen molar-refractivity contribution in [2.24, 2.45) is 5.92 Å². The molecule has 0 heterocycles. The van der Waals surface area contributed by atoms with E-state index in [9.17, 15) is 4.79 Å². The van der Waals surface area contributed by atoms with Crippen molar-refractivity contribution in [3.63, 3.8) is 0 Å². The summed E-state index contributed by atoms with van der Waals surface area (Å²) in [4.78, 5) is 10.4. The Morgan fingerprint density at radius 3 is 1.07 bits per heavy atom. The lowest BCUT2D eigenvalue weighted by molar-refractivity contribution is -0.137. The van der Waals surface area contributed by atoms with Crippen LogP contribution in [0.25, 0.3) is 0 Å². The Balaban J connectivity index is 3.03. The molecular formula is C28H56O2. The van der Waals surface area contributed by atoms with Gasteiger partial charge in [0.25, 0.3) is 0 Å². The molecule has 180 valence electrons. The molecule has 0 radical (unpaired) electrons. The number of rotatable bonds is 25. The molecule has 1 unspecified atom stereocenters. The van der Waals surface area contributed by atoms with Crippen LogP contribution in [0.5, 0.6) is 0 Å². The Labute approximate surface area is 190 Å². The first kappa shape index (κ1) is 29.5. The van der Waals surface area contributed by atoms with Crippen LogP contribution in [0.2, 0.25) is 0 Å². The summed E-state index contributed by atoms with van der Waals surface area (Å²) in [7, 11) is 0. The average Bonchev–Trinajstić information content (AvgIpc) is 2.73. The predicted octanol–water partition coefficient (Wildman–Crippen LogP) is 10.1. The SMILES string of the molecule is CCC(C)CCCCCCCCCCCCCCCCCCCCCCCC(=O)O. The lowest BCUT2D eigenvalue weighted by atomic mass is 9.99. The zero-order chi connectivity index (χ0) is 22.1. The maximum absolute atomic E-state index is 10.4. The molecule has 0 fully saturated rings. The summed E-state index contributed by atoms with van der Waals surface area (Å²) in [5, 5.41) is 8.60. The van der Waals surface area contributed by atoms with Gasteiger partial charge >= 0.3 is 5.97 Å². The zero-order valence-electron chi connectivity index (χ0n) is 20.9. The highest BCUT2D eigenvalue weighted by molar-refractivity contribution is 5.66. The van der Waals surface area contributed by atoms with E-state index in [1.807, 2.05) is 0 Å². The van der Waals surface area contributed by atoms with Crippen LogP contribution in [0.15, 0.2) is 0 Å². The molecule has 0 saturated heterocycles. The summed E-state index contributed by atoms with van der Waals surface area (Å²) in [6, 6.07) is 0. The molecule has 0 bridgehead atoms. The number of hydrogen-bond donors (Lipinski definition) is 1. The minimum atomic E-state index is -0.649. The third kappa shape index (κ3) is 25.5. The minimum absolute atomic E-state index is 0.346. The molecule has 0 rings (SSSR count). The van der Waals surface area contributed by atoms with Crippen molar-refractivity contribution in [3.8, 4) is 0 Å². The lowest BCUT2D eigenvalue weighted by Gasteiger charge is -2.07. The van der Waals surface area contributed by atoms with Gasteiger partial charge in [-0.15, -0.1) is 0 Å². The van der Waals surface area contributed by atoms with Crippen LogP contribution in [0, 0.1) is 5.92 Å². The molecule has 0 aliphatic rings. The largest absolute Gasteiger partial charge is 0.481 e. The van der Waals surface area contributed by atoms with Gasteiger partial charge < -0.3 is 5.11 Å². The van der Waals surface area contributed by atoms with E-state index < -0.39 is 5.97 Å².